The number of hydrogen-bond acceptors (Lipinski definition) is 7. The number of fused-ring (bicyclic) bond motifs is 3. The average molecular weight is 511 g/mol. The summed E-state index contributed by atoms with van der Waals surface area (Å²) in [6.45, 7) is 8.95. The van der Waals surface area contributed by atoms with Gasteiger partial charge in [0, 0.05) is 33.7 Å². The third-order valence-corrected chi connectivity index (χ3v) is 6.52. The summed E-state index contributed by atoms with van der Waals surface area (Å²) in [7, 11) is 1.20. The van der Waals surface area contributed by atoms with Crippen molar-refractivity contribution in [1.82, 2.24) is 10.3 Å². The molecule has 0 aliphatic carbocycles. The smallest absolute Gasteiger partial charge is 0.357 e. The molecular formula is C27H30N2O6S. The summed E-state index contributed by atoms with van der Waals surface area (Å²) < 4.78 is 10.8. The van der Waals surface area contributed by atoms with Crippen LogP contribution in [0.25, 0.3) is 21.6 Å². The molecule has 1 amide bonds. The molecule has 0 fully saturated rings. The second-order valence-electron chi connectivity index (χ2n) is 8.29. The predicted octanol–water partition coefficient (Wildman–Crippen LogP) is 5.66. The molecule has 4 rings (SSSR count). The van der Waals surface area contributed by atoms with Gasteiger partial charge in [0.25, 0.3) is 5.91 Å². The lowest BCUT2D eigenvalue weighted by molar-refractivity contribution is 0.0593. The molecule has 190 valence electrons. The van der Waals surface area contributed by atoms with E-state index in [1.165, 1.54) is 30.6 Å². The van der Waals surface area contributed by atoms with Crippen LogP contribution in [0.4, 0.5) is 0 Å². The number of thiophene rings is 1. The van der Waals surface area contributed by atoms with Crippen molar-refractivity contribution in [3.05, 3.63) is 58.2 Å². The van der Waals surface area contributed by atoms with E-state index < -0.39 is 17.8 Å². The van der Waals surface area contributed by atoms with Crippen molar-refractivity contribution in [3.8, 4) is 27.3 Å². The van der Waals surface area contributed by atoms with Crippen LogP contribution in [0.2, 0.25) is 0 Å². The number of rotatable bonds is 7. The summed E-state index contributed by atoms with van der Waals surface area (Å²) in [5, 5.41) is 14.7. The van der Waals surface area contributed by atoms with Crippen LogP contribution in [0.5, 0.6) is 5.75 Å². The second-order valence-corrected chi connectivity index (χ2v) is 9.20. The molecule has 1 aromatic carbocycles. The molecule has 0 saturated heterocycles. The van der Waals surface area contributed by atoms with Crippen LogP contribution >= 0.6 is 11.3 Å². The van der Waals surface area contributed by atoms with Crippen molar-refractivity contribution >= 4 is 29.2 Å². The van der Waals surface area contributed by atoms with Crippen LogP contribution in [0.3, 0.4) is 0 Å². The van der Waals surface area contributed by atoms with Crippen LogP contribution in [0.15, 0.2) is 35.7 Å². The number of nitrogens with zero attached hydrogens (tertiary/aromatic N) is 1. The predicted molar refractivity (Wildman–Crippen MR) is 139 cm³/mol. The number of aromatic carboxylic acids is 1. The van der Waals surface area contributed by atoms with E-state index in [2.05, 4.69) is 24.1 Å². The maximum Gasteiger partial charge on any atom is 0.357 e. The average Bonchev–Trinajstić information content (AvgIpc) is 3.37. The lowest BCUT2D eigenvalue weighted by atomic mass is 9.93. The number of carbonyl (C=O) groups excluding carboxylic acids is 2. The Balaban J connectivity index is 0.00000176. The summed E-state index contributed by atoms with van der Waals surface area (Å²) in [5.74, 6) is -1.42. The molecule has 0 radical (unpaired) electrons. The molecule has 2 N–H and O–H groups in total. The van der Waals surface area contributed by atoms with Gasteiger partial charge in [0.05, 0.1) is 12.7 Å². The Hall–Kier alpha value is -3.72. The highest BCUT2D eigenvalue weighted by Crippen LogP contribution is 2.44. The monoisotopic (exact) mass is 510 g/mol. The first-order valence-corrected chi connectivity index (χ1v) is 12.7. The van der Waals surface area contributed by atoms with E-state index in [1.807, 2.05) is 25.3 Å². The van der Waals surface area contributed by atoms with E-state index in [4.69, 9.17) is 9.47 Å². The zero-order valence-electron chi connectivity index (χ0n) is 21.0. The molecule has 0 unspecified atom stereocenters. The zero-order chi connectivity index (χ0) is 26.4. The minimum absolute atomic E-state index is 0.00955. The number of carbonyl (C=O) groups is 3. The van der Waals surface area contributed by atoms with Gasteiger partial charge in [-0.15, -0.1) is 11.3 Å². The minimum atomic E-state index is -1.16. The van der Waals surface area contributed by atoms with Gasteiger partial charge in [-0.2, -0.15) is 0 Å². The Kier molecular flexibility index (Phi) is 8.82. The number of hydrogen-bond donors (Lipinski definition) is 2. The molecule has 0 saturated carbocycles. The van der Waals surface area contributed by atoms with Gasteiger partial charge in [0.15, 0.2) is 5.69 Å². The first-order chi connectivity index (χ1) is 17.3. The molecule has 8 nitrogen and oxygen atoms in total. The maximum absolute atomic E-state index is 12.6. The van der Waals surface area contributed by atoms with E-state index >= 15 is 0 Å². The number of esters is 1. The van der Waals surface area contributed by atoms with Gasteiger partial charge >= 0.3 is 11.9 Å². The normalized spacial score (nSPS) is 11.4. The number of carboxylic acids is 1. The molecule has 36 heavy (non-hydrogen) atoms. The van der Waals surface area contributed by atoms with Crippen molar-refractivity contribution in [1.29, 1.82) is 0 Å². The van der Waals surface area contributed by atoms with E-state index in [-0.39, 0.29) is 28.1 Å². The Morgan fingerprint density at radius 2 is 1.89 bits per heavy atom. The van der Waals surface area contributed by atoms with Gasteiger partial charge in [0.1, 0.15) is 18.1 Å². The van der Waals surface area contributed by atoms with Crippen molar-refractivity contribution < 1.29 is 29.0 Å². The number of ether oxygens (including phenoxy) is 2. The van der Waals surface area contributed by atoms with Crippen molar-refractivity contribution in [2.24, 2.45) is 5.92 Å². The molecule has 3 aromatic rings. The van der Waals surface area contributed by atoms with Crippen LogP contribution in [-0.4, -0.2) is 41.6 Å². The number of aromatic nitrogens is 1. The molecule has 3 heterocycles. The van der Waals surface area contributed by atoms with Gasteiger partial charge in [-0.1, -0.05) is 27.7 Å². The Labute approximate surface area is 214 Å². The number of pyridine rings is 1. The van der Waals surface area contributed by atoms with Crippen molar-refractivity contribution in [2.45, 2.75) is 40.7 Å². The number of carboxylic acid groups (broad SMARTS) is 1. The van der Waals surface area contributed by atoms with Crippen molar-refractivity contribution in [3.63, 3.8) is 0 Å². The molecule has 1 aliphatic rings. The second kappa shape index (κ2) is 11.8. The fourth-order valence-corrected chi connectivity index (χ4v) is 4.67. The summed E-state index contributed by atoms with van der Waals surface area (Å²) in [6, 6.07) is 8.09. The van der Waals surface area contributed by atoms with Gasteiger partial charge in [-0.05, 0) is 48.1 Å². The van der Waals surface area contributed by atoms with Crippen LogP contribution in [0, 0.1) is 5.92 Å². The van der Waals surface area contributed by atoms with Gasteiger partial charge in [-0.3, -0.25) is 4.79 Å². The first-order valence-electron chi connectivity index (χ1n) is 11.8. The van der Waals surface area contributed by atoms with Gasteiger partial charge < -0.3 is 19.9 Å². The summed E-state index contributed by atoms with van der Waals surface area (Å²) >= 11 is 1.51. The third kappa shape index (κ3) is 5.57. The number of nitrogens with one attached hydrogen (secondary N) is 1. The van der Waals surface area contributed by atoms with Crippen LogP contribution in [0.1, 0.15) is 71.0 Å². The molecule has 0 spiro atoms. The van der Waals surface area contributed by atoms with E-state index in [1.54, 1.807) is 12.1 Å². The molecule has 0 bridgehead atoms. The fourth-order valence-electron chi connectivity index (χ4n) is 3.74. The lowest BCUT2D eigenvalue weighted by Gasteiger charge is -2.20. The molecule has 9 heteroatoms. The van der Waals surface area contributed by atoms with Gasteiger partial charge in [0.2, 0.25) is 0 Å². The largest absolute Gasteiger partial charge is 0.488 e. The minimum Gasteiger partial charge on any atom is -0.488 e. The Bertz CT molecular complexity index is 1280. The number of amides is 1. The molecule has 0 atom stereocenters. The highest BCUT2D eigenvalue weighted by molar-refractivity contribution is 7.13. The highest BCUT2D eigenvalue weighted by atomic mass is 32.1. The Morgan fingerprint density at radius 1 is 1.14 bits per heavy atom. The maximum atomic E-state index is 12.6. The van der Waals surface area contributed by atoms with Gasteiger partial charge in [-0.25, -0.2) is 14.6 Å². The van der Waals surface area contributed by atoms with Crippen molar-refractivity contribution in [2.75, 3.05) is 13.7 Å². The van der Waals surface area contributed by atoms with E-state index in [0.717, 1.165) is 16.9 Å². The van der Waals surface area contributed by atoms with E-state index in [9.17, 15) is 19.5 Å². The SMILES string of the molecule is CC.COC(=O)c1nc(C(=O)NCCC(C)C)ccc1-c1cc2c(cc1C(=O)O)-c1sccc1CO2. The number of methoxy groups -OCH3 is 1. The van der Waals surface area contributed by atoms with E-state index in [0.29, 0.717) is 30.4 Å². The molecular weight excluding hydrogens is 480 g/mol. The standard InChI is InChI=1S/C25H24N2O6S.C2H6/c1-13(2)6-8-26-23(28)19-5-4-15(21(27-19)25(31)32-3)16-11-20-18(10-17(16)24(29)30)22-14(12-33-20)7-9-34-22;1-2/h4-5,7,9-11,13H,6,8,12H2,1-3H3,(H,26,28)(H,29,30);1-2H3. The topological polar surface area (TPSA) is 115 Å². The van der Waals surface area contributed by atoms with Crippen LogP contribution in [-0.2, 0) is 11.3 Å². The van der Waals surface area contributed by atoms with Crippen LogP contribution < -0.4 is 10.1 Å². The fraction of sp³-hybridized carbons (Fsp3) is 0.333. The Morgan fingerprint density at radius 3 is 2.56 bits per heavy atom. The zero-order valence-corrected chi connectivity index (χ0v) is 21.8. The quantitative estimate of drug-likeness (QED) is 0.394. The number of benzene rings is 1. The summed E-state index contributed by atoms with van der Waals surface area (Å²) in [4.78, 5) is 42.5. The summed E-state index contributed by atoms with van der Waals surface area (Å²) in [5.41, 5.74) is 2.07. The molecule has 1 aliphatic heterocycles. The molecule has 2 aromatic heterocycles. The third-order valence-electron chi connectivity index (χ3n) is 5.53. The summed E-state index contributed by atoms with van der Waals surface area (Å²) in [6.07, 6.45) is 0.802. The first kappa shape index (κ1) is 26.9. The lowest BCUT2D eigenvalue weighted by Crippen LogP contribution is -2.27. The highest BCUT2D eigenvalue weighted by Gasteiger charge is 2.27.